The summed E-state index contributed by atoms with van der Waals surface area (Å²) in [4.78, 5) is 22.5. The van der Waals surface area contributed by atoms with E-state index in [-0.39, 0.29) is 12.1 Å². The number of anilines is 1. The number of rotatable bonds is 7. The molecule has 1 aliphatic heterocycles. The molecule has 6 rings (SSSR count). The summed E-state index contributed by atoms with van der Waals surface area (Å²) in [6.07, 6.45) is 5.03. The highest BCUT2D eigenvalue weighted by Gasteiger charge is 2.19. The zero-order chi connectivity index (χ0) is 28.2. The number of aromatic nitrogens is 1. The number of urea groups is 1. The summed E-state index contributed by atoms with van der Waals surface area (Å²) in [7, 11) is 2.19. The van der Waals surface area contributed by atoms with E-state index in [9.17, 15) is 4.79 Å². The van der Waals surface area contributed by atoms with E-state index < -0.39 is 0 Å². The smallest absolute Gasteiger partial charge is 0.319 e. The third-order valence-corrected chi connectivity index (χ3v) is 8.13. The van der Waals surface area contributed by atoms with Gasteiger partial charge in [-0.05, 0) is 60.0 Å². The summed E-state index contributed by atoms with van der Waals surface area (Å²) in [6, 6.07) is 28.9. The Labute approximate surface area is 242 Å². The minimum absolute atomic E-state index is 0.0888. The number of hydrogen-bond donors (Lipinski definition) is 2. The Bertz CT molecular complexity index is 1540. The van der Waals surface area contributed by atoms with Gasteiger partial charge in [0.05, 0.1) is 11.7 Å². The molecule has 1 atom stereocenters. The van der Waals surface area contributed by atoms with Crippen molar-refractivity contribution in [2.45, 2.75) is 25.9 Å². The largest absolute Gasteiger partial charge is 0.331 e. The van der Waals surface area contributed by atoms with E-state index in [0.717, 1.165) is 78.4 Å². The van der Waals surface area contributed by atoms with Crippen molar-refractivity contribution in [2.24, 2.45) is 0 Å². The van der Waals surface area contributed by atoms with E-state index in [4.69, 9.17) is 4.98 Å². The topological polar surface area (TPSA) is 60.5 Å². The van der Waals surface area contributed by atoms with Gasteiger partial charge in [-0.1, -0.05) is 72.8 Å². The summed E-state index contributed by atoms with van der Waals surface area (Å²) in [5.74, 6) is 0. The highest BCUT2D eigenvalue weighted by Crippen LogP contribution is 2.35. The second kappa shape index (κ2) is 12.1. The molecule has 2 N–H and O–H groups in total. The van der Waals surface area contributed by atoms with Crippen molar-refractivity contribution in [3.63, 3.8) is 0 Å². The second-order valence-electron chi connectivity index (χ2n) is 11.1. The molecule has 1 fully saturated rings. The Morgan fingerprint density at radius 3 is 2.44 bits per heavy atom. The fraction of sp³-hybridized carbons (Fsp3) is 0.257. The fourth-order valence-electron chi connectivity index (χ4n) is 5.65. The van der Waals surface area contributed by atoms with Gasteiger partial charge in [-0.3, -0.25) is 9.88 Å². The Hall–Kier alpha value is -4.26. The SMILES string of the molecule is C[C@@H](NC(=O)Nc1cccc(C2=CCc3ncc(-c4ccc(CN5CCN(C)CC5)cc4)cc32)c1)c1ccccc1. The first kappa shape index (κ1) is 26.9. The molecule has 0 unspecified atom stereocenters. The molecule has 1 saturated heterocycles. The van der Waals surface area contributed by atoms with Crippen LogP contribution >= 0.6 is 0 Å². The molecule has 208 valence electrons. The lowest BCUT2D eigenvalue weighted by Crippen LogP contribution is -2.43. The van der Waals surface area contributed by atoms with Gasteiger partial charge < -0.3 is 15.5 Å². The molecule has 2 heterocycles. The summed E-state index contributed by atoms with van der Waals surface area (Å²) >= 11 is 0. The Morgan fingerprint density at radius 1 is 0.878 bits per heavy atom. The van der Waals surface area contributed by atoms with Crippen LogP contribution in [0.4, 0.5) is 10.5 Å². The van der Waals surface area contributed by atoms with Crippen LogP contribution in [0.3, 0.4) is 0 Å². The van der Waals surface area contributed by atoms with Crippen LogP contribution in [0.5, 0.6) is 0 Å². The standard InChI is InChI=1S/C35H37N5O/c1-25(27-7-4-3-5-8-27)37-35(41)38-31-10-6-9-29(21-31)32-15-16-34-33(32)22-30(23-36-34)28-13-11-26(12-14-28)24-40-19-17-39(2)18-20-40/h3-15,21-23,25H,16-20,24H2,1-2H3,(H2,37,38,41)/t25-/m1/s1. The van der Waals surface area contributed by atoms with Crippen molar-refractivity contribution < 1.29 is 4.79 Å². The van der Waals surface area contributed by atoms with Crippen LogP contribution < -0.4 is 10.6 Å². The highest BCUT2D eigenvalue weighted by molar-refractivity contribution is 5.92. The monoisotopic (exact) mass is 543 g/mol. The number of piperazine rings is 1. The summed E-state index contributed by atoms with van der Waals surface area (Å²) in [5.41, 5.74) is 9.93. The number of fused-ring (bicyclic) bond motifs is 1. The minimum atomic E-state index is -0.223. The van der Waals surface area contributed by atoms with Crippen LogP contribution in [0.25, 0.3) is 16.7 Å². The van der Waals surface area contributed by atoms with Crippen LogP contribution in [0.15, 0.2) is 97.2 Å². The second-order valence-corrected chi connectivity index (χ2v) is 11.1. The quantitative estimate of drug-likeness (QED) is 0.285. The lowest BCUT2D eigenvalue weighted by atomic mass is 9.97. The maximum absolute atomic E-state index is 12.7. The van der Waals surface area contributed by atoms with Crippen molar-refractivity contribution >= 4 is 17.3 Å². The van der Waals surface area contributed by atoms with Crippen LogP contribution in [-0.4, -0.2) is 54.0 Å². The van der Waals surface area contributed by atoms with Gasteiger partial charge in [-0.15, -0.1) is 0 Å². The van der Waals surface area contributed by atoms with Gasteiger partial charge in [0.15, 0.2) is 0 Å². The number of benzene rings is 3. The average molecular weight is 544 g/mol. The first-order chi connectivity index (χ1) is 20.0. The highest BCUT2D eigenvalue weighted by atomic mass is 16.2. The van der Waals surface area contributed by atoms with Crippen LogP contribution in [0.1, 0.15) is 40.9 Å². The predicted octanol–water partition coefficient (Wildman–Crippen LogP) is 6.37. The summed E-state index contributed by atoms with van der Waals surface area (Å²) < 4.78 is 0. The number of likely N-dealkylation sites (N-methyl/N-ethyl adjacent to an activating group) is 1. The van der Waals surface area contributed by atoms with Gasteiger partial charge in [0.2, 0.25) is 0 Å². The molecule has 4 aromatic rings. The molecular weight excluding hydrogens is 506 g/mol. The van der Waals surface area contributed by atoms with E-state index in [1.165, 1.54) is 11.1 Å². The molecule has 1 aliphatic carbocycles. The molecule has 2 amide bonds. The van der Waals surface area contributed by atoms with E-state index >= 15 is 0 Å². The van der Waals surface area contributed by atoms with Crippen LogP contribution in [0.2, 0.25) is 0 Å². The zero-order valence-electron chi connectivity index (χ0n) is 23.8. The van der Waals surface area contributed by atoms with Crippen molar-refractivity contribution in [3.8, 4) is 11.1 Å². The van der Waals surface area contributed by atoms with E-state index in [2.05, 4.69) is 70.0 Å². The number of nitrogens with one attached hydrogen (secondary N) is 2. The van der Waals surface area contributed by atoms with E-state index in [1.54, 1.807) is 0 Å². The first-order valence-corrected chi connectivity index (χ1v) is 14.4. The van der Waals surface area contributed by atoms with Gasteiger partial charge in [0, 0.05) is 62.2 Å². The third-order valence-electron chi connectivity index (χ3n) is 8.13. The Kier molecular flexibility index (Phi) is 7.94. The van der Waals surface area contributed by atoms with Crippen molar-refractivity contribution in [1.29, 1.82) is 0 Å². The number of amides is 2. The number of allylic oxidation sites excluding steroid dienone is 1. The molecule has 1 aromatic heterocycles. The van der Waals surface area contributed by atoms with Crippen molar-refractivity contribution in [3.05, 3.63) is 125 Å². The lowest BCUT2D eigenvalue weighted by molar-refractivity contribution is 0.148. The lowest BCUT2D eigenvalue weighted by Gasteiger charge is -2.32. The third kappa shape index (κ3) is 6.40. The van der Waals surface area contributed by atoms with Crippen LogP contribution in [0, 0.1) is 0 Å². The molecule has 6 nitrogen and oxygen atoms in total. The average Bonchev–Trinajstić information content (AvgIpc) is 3.43. The van der Waals surface area contributed by atoms with E-state index in [1.807, 2.05) is 61.7 Å². The molecule has 0 spiro atoms. The molecule has 2 aliphatic rings. The van der Waals surface area contributed by atoms with Crippen molar-refractivity contribution in [1.82, 2.24) is 20.1 Å². The molecule has 41 heavy (non-hydrogen) atoms. The molecule has 3 aromatic carbocycles. The van der Waals surface area contributed by atoms with Gasteiger partial charge >= 0.3 is 6.03 Å². The fourth-order valence-corrected chi connectivity index (χ4v) is 5.65. The van der Waals surface area contributed by atoms with E-state index in [0.29, 0.717) is 0 Å². The summed E-state index contributed by atoms with van der Waals surface area (Å²) in [5, 5.41) is 6.03. The van der Waals surface area contributed by atoms with Crippen LogP contribution in [-0.2, 0) is 13.0 Å². The maximum atomic E-state index is 12.7. The molecular formula is C35H37N5O. The van der Waals surface area contributed by atoms with Gasteiger partial charge in [-0.2, -0.15) is 0 Å². The number of carbonyl (C=O) groups is 1. The van der Waals surface area contributed by atoms with Gasteiger partial charge in [0.1, 0.15) is 0 Å². The maximum Gasteiger partial charge on any atom is 0.319 e. The number of hydrogen-bond acceptors (Lipinski definition) is 4. The number of carbonyl (C=O) groups excluding carboxylic acids is 1. The normalized spacial score (nSPS) is 16.1. The molecule has 0 radical (unpaired) electrons. The molecule has 6 heteroatoms. The Morgan fingerprint density at radius 2 is 1.66 bits per heavy atom. The Balaban J connectivity index is 1.14. The molecule has 0 bridgehead atoms. The summed E-state index contributed by atoms with van der Waals surface area (Å²) in [6.45, 7) is 7.49. The predicted molar refractivity (Wildman–Crippen MR) is 167 cm³/mol. The van der Waals surface area contributed by atoms with Gasteiger partial charge in [-0.25, -0.2) is 4.79 Å². The molecule has 0 saturated carbocycles. The van der Waals surface area contributed by atoms with Crippen molar-refractivity contribution in [2.75, 3.05) is 38.5 Å². The first-order valence-electron chi connectivity index (χ1n) is 14.4. The van der Waals surface area contributed by atoms with Gasteiger partial charge in [0.25, 0.3) is 0 Å². The minimum Gasteiger partial charge on any atom is -0.331 e. The number of nitrogens with zero attached hydrogens (tertiary/aromatic N) is 3. The zero-order valence-corrected chi connectivity index (χ0v) is 23.8. The number of pyridine rings is 1.